The van der Waals surface area contributed by atoms with Crippen LogP contribution >= 0.6 is 11.6 Å². The van der Waals surface area contributed by atoms with Gasteiger partial charge in [0.25, 0.3) is 0 Å². The first-order valence-corrected chi connectivity index (χ1v) is 4.79. The maximum Gasteiger partial charge on any atom is 0.0825 e. The molecule has 2 N–H and O–H groups in total. The van der Waals surface area contributed by atoms with E-state index >= 15 is 0 Å². The lowest BCUT2D eigenvalue weighted by Gasteiger charge is -2.08. The zero-order valence-electron chi connectivity index (χ0n) is 8.13. The minimum atomic E-state index is 0.520. The van der Waals surface area contributed by atoms with Gasteiger partial charge in [0, 0.05) is 11.6 Å². The van der Waals surface area contributed by atoms with E-state index in [9.17, 15) is 0 Å². The predicted octanol–water partition coefficient (Wildman–Crippen LogP) is 3.09. The highest BCUT2D eigenvalue weighted by Gasteiger charge is 2.07. The number of nitrogens with two attached hydrogens (primary N) is 1. The molecule has 3 heteroatoms. The monoisotopic (exact) mass is 206 g/mol. The van der Waals surface area contributed by atoms with Crippen molar-refractivity contribution >= 4 is 28.2 Å². The van der Waals surface area contributed by atoms with Crippen molar-refractivity contribution < 1.29 is 0 Å². The summed E-state index contributed by atoms with van der Waals surface area (Å²) in [6, 6.07) is 4.07. The highest BCUT2D eigenvalue weighted by molar-refractivity contribution is 6.34. The summed E-state index contributed by atoms with van der Waals surface area (Å²) in [5, 5.41) is 1.49. The Labute approximate surface area is 87.7 Å². The van der Waals surface area contributed by atoms with Crippen LogP contribution in [-0.2, 0) is 0 Å². The molecule has 0 aliphatic rings. The lowest BCUT2D eigenvalue weighted by molar-refractivity contribution is 1.35. The molecule has 2 rings (SSSR count). The molecular formula is C11H11ClN2. The van der Waals surface area contributed by atoms with Crippen LogP contribution in [0.15, 0.2) is 18.3 Å². The van der Waals surface area contributed by atoms with E-state index < -0.39 is 0 Å². The van der Waals surface area contributed by atoms with Gasteiger partial charge in [-0.2, -0.15) is 0 Å². The molecule has 1 aromatic carbocycles. The van der Waals surface area contributed by atoms with Gasteiger partial charge in [0.15, 0.2) is 0 Å². The Morgan fingerprint density at radius 3 is 2.57 bits per heavy atom. The zero-order chi connectivity index (χ0) is 10.3. The fraction of sp³-hybridized carbons (Fsp3) is 0.182. The molecule has 1 heterocycles. The summed E-state index contributed by atoms with van der Waals surface area (Å²) in [6.45, 7) is 4.03. The van der Waals surface area contributed by atoms with Gasteiger partial charge < -0.3 is 5.73 Å². The summed E-state index contributed by atoms with van der Waals surface area (Å²) in [5.41, 5.74) is 9.70. The van der Waals surface area contributed by atoms with Crippen LogP contribution in [0.25, 0.3) is 10.9 Å². The van der Waals surface area contributed by atoms with Crippen LogP contribution in [0.2, 0.25) is 5.02 Å². The quantitative estimate of drug-likeness (QED) is 0.720. The maximum atomic E-state index is 5.92. The number of nitrogens with zero attached hydrogens (tertiary/aromatic N) is 1. The van der Waals surface area contributed by atoms with Crippen LogP contribution in [0.5, 0.6) is 0 Å². The number of rotatable bonds is 0. The molecule has 0 atom stereocenters. The third kappa shape index (κ3) is 1.23. The van der Waals surface area contributed by atoms with Gasteiger partial charge in [0.2, 0.25) is 0 Å². The van der Waals surface area contributed by atoms with Crippen molar-refractivity contribution in [1.29, 1.82) is 0 Å². The van der Waals surface area contributed by atoms with Crippen molar-refractivity contribution in [2.45, 2.75) is 13.8 Å². The zero-order valence-corrected chi connectivity index (χ0v) is 8.89. The molecule has 72 valence electrons. The van der Waals surface area contributed by atoms with Crippen molar-refractivity contribution in [1.82, 2.24) is 4.98 Å². The number of aryl methyl sites for hydroxylation is 2. The second kappa shape index (κ2) is 3.14. The van der Waals surface area contributed by atoms with E-state index in [0.29, 0.717) is 10.7 Å². The highest BCUT2D eigenvalue weighted by atomic mass is 35.5. The van der Waals surface area contributed by atoms with Crippen molar-refractivity contribution in [3.8, 4) is 0 Å². The second-order valence-electron chi connectivity index (χ2n) is 3.44. The Balaban J connectivity index is 3.01. The first-order valence-electron chi connectivity index (χ1n) is 4.41. The molecule has 0 saturated heterocycles. The van der Waals surface area contributed by atoms with Crippen molar-refractivity contribution in [3.63, 3.8) is 0 Å². The van der Waals surface area contributed by atoms with E-state index in [1.165, 1.54) is 0 Å². The normalized spacial score (nSPS) is 10.8. The standard InChI is InChI=1S/C11H11ClN2/c1-6-3-4-7(2)11-9(6)10(13)8(12)5-14-11/h3-5H,1-2H3,(H2,13,14). The number of anilines is 1. The van der Waals surface area contributed by atoms with E-state index in [1.54, 1.807) is 6.20 Å². The minimum Gasteiger partial charge on any atom is -0.397 e. The van der Waals surface area contributed by atoms with Crippen LogP contribution in [0.4, 0.5) is 5.69 Å². The number of halogens is 1. The molecule has 0 spiro atoms. The smallest absolute Gasteiger partial charge is 0.0825 e. The molecule has 0 radical (unpaired) electrons. The van der Waals surface area contributed by atoms with Gasteiger partial charge in [-0.15, -0.1) is 0 Å². The van der Waals surface area contributed by atoms with E-state index in [0.717, 1.165) is 22.0 Å². The molecule has 0 unspecified atom stereocenters. The van der Waals surface area contributed by atoms with E-state index in [-0.39, 0.29) is 0 Å². The topological polar surface area (TPSA) is 38.9 Å². The van der Waals surface area contributed by atoms with Crippen molar-refractivity contribution in [2.75, 3.05) is 5.73 Å². The lowest BCUT2D eigenvalue weighted by atomic mass is 10.0. The summed E-state index contributed by atoms with van der Waals surface area (Å²) in [5.74, 6) is 0. The first kappa shape index (κ1) is 9.28. The van der Waals surface area contributed by atoms with E-state index in [1.807, 2.05) is 26.0 Å². The summed E-state index contributed by atoms with van der Waals surface area (Å²) < 4.78 is 0. The molecular weight excluding hydrogens is 196 g/mol. The Kier molecular flexibility index (Phi) is 2.08. The third-order valence-electron chi connectivity index (χ3n) is 2.42. The molecule has 2 nitrogen and oxygen atoms in total. The van der Waals surface area contributed by atoms with Crippen molar-refractivity contribution in [2.24, 2.45) is 0 Å². The Hall–Kier alpha value is -1.28. The average Bonchev–Trinajstić information content (AvgIpc) is 2.16. The highest BCUT2D eigenvalue weighted by Crippen LogP contribution is 2.30. The van der Waals surface area contributed by atoms with Crippen LogP contribution in [0.3, 0.4) is 0 Å². The van der Waals surface area contributed by atoms with Gasteiger partial charge in [-0.25, -0.2) is 0 Å². The van der Waals surface area contributed by atoms with Crippen LogP contribution in [0, 0.1) is 13.8 Å². The fourth-order valence-electron chi connectivity index (χ4n) is 1.61. The van der Waals surface area contributed by atoms with E-state index in [2.05, 4.69) is 4.98 Å². The van der Waals surface area contributed by atoms with Crippen molar-refractivity contribution in [3.05, 3.63) is 34.5 Å². The number of nitrogen functional groups attached to an aromatic ring is 1. The third-order valence-corrected chi connectivity index (χ3v) is 2.72. The van der Waals surface area contributed by atoms with Gasteiger partial charge in [0.05, 0.1) is 16.2 Å². The number of aromatic nitrogens is 1. The molecule has 0 fully saturated rings. The van der Waals surface area contributed by atoms with Gasteiger partial charge in [-0.1, -0.05) is 23.7 Å². The predicted molar refractivity (Wildman–Crippen MR) is 60.6 cm³/mol. The van der Waals surface area contributed by atoms with Gasteiger partial charge in [0.1, 0.15) is 0 Å². The summed E-state index contributed by atoms with van der Waals surface area (Å²) >= 11 is 5.92. The maximum absolute atomic E-state index is 5.92. The summed E-state index contributed by atoms with van der Waals surface area (Å²) in [6.07, 6.45) is 1.60. The fourth-order valence-corrected chi connectivity index (χ4v) is 1.76. The number of hydrogen-bond donors (Lipinski definition) is 1. The molecule has 0 aliphatic carbocycles. The molecule has 0 bridgehead atoms. The molecule has 0 amide bonds. The SMILES string of the molecule is Cc1ccc(C)c2c(N)c(Cl)cnc12. The molecule has 1 aromatic heterocycles. The number of fused-ring (bicyclic) bond motifs is 1. The molecule has 0 saturated carbocycles. The second-order valence-corrected chi connectivity index (χ2v) is 3.85. The number of benzene rings is 1. The van der Waals surface area contributed by atoms with Crippen LogP contribution in [0.1, 0.15) is 11.1 Å². The Morgan fingerprint density at radius 1 is 1.21 bits per heavy atom. The lowest BCUT2D eigenvalue weighted by Crippen LogP contribution is -1.94. The Bertz CT molecular complexity index is 506. The number of hydrogen-bond acceptors (Lipinski definition) is 2. The van der Waals surface area contributed by atoms with E-state index in [4.69, 9.17) is 17.3 Å². The van der Waals surface area contributed by atoms with Crippen LogP contribution < -0.4 is 5.73 Å². The molecule has 0 aliphatic heterocycles. The molecule has 2 aromatic rings. The molecule has 14 heavy (non-hydrogen) atoms. The van der Waals surface area contributed by atoms with Crippen LogP contribution in [-0.4, -0.2) is 4.98 Å². The first-order chi connectivity index (χ1) is 6.61. The largest absolute Gasteiger partial charge is 0.397 e. The number of pyridine rings is 1. The Morgan fingerprint density at radius 2 is 1.86 bits per heavy atom. The van der Waals surface area contributed by atoms with Gasteiger partial charge in [-0.3, -0.25) is 4.98 Å². The average molecular weight is 207 g/mol. The summed E-state index contributed by atoms with van der Waals surface area (Å²) in [4.78, 5) is 4.29. The van der Waals surface area contributed by atoms with Gasteiger partial charge >= 0.3 is 0 Å². The minimum absolute atomic E-state index is 0.520. The summed E-state index contributed by atoms with van der Waals surface area (Å²) in [7, 11) is 0. The van der Waals surface area contributed by atoms with Gasteiger partial charge in [-0.05, 0) is 25.0 Å².